The standard InChI is InChI=1S/C17H17BrF3N3O/c1-23(25-17(19,20)21)16(22-14-8-4-2-5-9-14)24(13-12-18)15-10-6-3-7-11-15/h2-11H,12-13H2,1H3. The average Bonchev–Trinajstić information content (AvgIpc) is 2.58. The Morgan fingerprint density at radius 1 is 1.04 bits per heavy atom. The second kappa shape index (κ2) is 8.87. The van der Waals surface area contributed by atoms with Crippen LogP contribution in [0.3, 0.4) is 0 Å². The van der Waals surface area contributed by atoms with E-state index in [1.165, 1.54) is 7.05 Å². The third kappa shape index (κ3) is 6.06. The van der Waals surface area contributed by atoms with Crippen LogP contribution in [0.2, 0.25) is 0 Å². The monoisotopic (exact) mass is 415 g/mol. The van der Waals surface area contributed by atoms with Crippen LogP contribution >= 0.6 is 15.9 Å². The first-order valence-electron chi connectivity index (χ1n) is 7.42. The molecule has 2 aromatic rings. The van der Waals surface area contributed by atoms with E-state index in [9.17, 15) is 13.2 Å². The number of anilines is 1. The van der Waals surface area contributed by atoms with Crippen molar-refractivity contribution in [2.24, 2.45) is 4.99 Å². The van der Waals surface area contributed by atoms with E-state index in [4.69, 9.17) is 0 Å². The summed E-state index contributed by atoms with van der Waals surface area (Å²) in [5.74, 6) is 0.0224. The fourth-order valence-corrected chi connectivity index (χ4v) is 2.51. The molecule has 0 unspecified atom stereocenters. The van der Waals surface area contributed by atoms with Crippen LogP contribution in [0.25, 0.3) is 0 Å². The Morgan fingerprint density at radius 3 is 2.12 bits per heavy atom. The molecule has 0 heterocycles. The number of hydrogen-bond donors (Lipinski definition) is 0. The van der Waals surface area contributed by atoms with Crippen LogP contribution in [0, 0.1) is 0 Å². The third-order valence-electron chi connectivity index (χ3n) is 3.12. The number of para-hydroxylation sites is 2. The highest BCUT2D eigenvalue weighted by Gasteiger charge is 2.35. The summed E-state index contributed by atoms with van der Waals surface area (Å²) in [6.45, 7) is 0.404. The van der Waals surface area contributed by atoms with Crippen molar-refractivity contribution in [2.45, 2.75) is 6.36 Å². The fraction of sp³-hybridized carbons (Fsp3) is 0.235. The molecule has 4 nitrogen and oxygen atoms in total. The molecule has 0 bridgehead atoms. The molecular weight excluding hydrogens is 399 g/mol. The highest BCUT2D eigenvalue weighted by Crippen LogP contribution is 2.23. The lowest BCUT2D eigenvalue weighted by atomic mass is 10.3. The number of hydrogen-bond acceptors (Lipinski definition) is 2. The van der Waals surface area contributed by atoms with Gasteiger partial charge in [-0.1, -0.05) is 52.3 Å². The van der Waals surface area contributed by atoms with E-state index >= 15 is 0 Å². The quantitative estimate of drug-likeness (QED) is 0.299. The van der Waals surface area contributed by atoms with Gasteiger partial charge in [0, 0.05) is 24.6 Å². The maximum atomic E-state index is 12.7. The number of guanidine groups is 1. The summed E-state index contributed by atoms with van der Waals surface area (Å²) in [5, 5.41) is 1.16. The number of aliphatic imine (C=N–C) groups is 1. The Hall–Kier alpha value is -2.06. The zero-order chi connectivity index (χ0) is 18.3. The molecule has 0 aliphatic carbocycles. The number of halogens is 4. The van der Waals surface area contributed by atoms with Gasteiger partial charge in [-0.05, 0) is 24.3 Å². The molecule has 8 heteroatoms. The van der Waals surface area contributed by atoms with Crippen molar-refractivity contribution in [3.05, 3.63) is 60.7 Å². The lowest BCUT2D eigenvalue weighted by molar-refractivity contribution is -0.390. The van der Waals surface area contributed by atoms with Crippen molar-refractivity contribution < 1.29 is 18.0 Å². The molecule has 0 N–H and O–H groups in total. The van der Waals surface area contributed by atoms with Crippen LogP contribution in [0.4, 0.5) is 24.5 Å². The Bertz CT molecular complexity index is 681. The van der Waals surface area contributed by atoms with Gasteiger partial charge in [0.15, 0.2) is 0 Å². The zero-order valence-electron chi connectivity index (χ0n) is 13.4. The molecular formula is C17H17BrF3N3O. The van der Waals surface area contributed by atoms with E-state index in [0.29, 0.717) is 28.3 Å². The lowest BCUT2D eigenvalue weighted by Crippen LogP contribution is -2.45. The Labute approximate surface area is 152 Å². The first kappa shape index (κ1) is 19.3. The summed E-state index contributed by atoms with van der Waals surface area (Å²) in [6.07, 6.45) is -4.82. The molecule has 0 fully saturated rings. The van der Waals surface area contributed by atoms with Gasteiger partial charge in [0.1, 0.15) is 0 Å². The van der Waals surface area contributed by atoms with E-state index in [-0.39, 0.29) is 5.96 Å². The second-order valence-corrected chi connectivity index (χ2v) is 5.75. The fourth-order valence-electron chi connectivity index (χ4n) is 2.15. The predicted molar refractivity (Wildman–Crippen MR) is 96.0 cm³/mol. The van der Waals surface area contributed by atoms with E-state index in [2.05, 4.69) is 25.8 Å². The van der Waals surface area contributed by atoms with Gasteiger partial charge in [0.05, 0.1) is 5.69 Å². The minimum atomic E-state index is -4.82. The van der Waals surface area contributed by atoms with Gasteiger partial charge in [-0.3, -0.25) is 0 Å². The number of benzene rings is 2. The second-order valence-electron chi connectivity index (χ2n) is 4.96. The van der Waals surface area contributed by atoms with Gasteiger partial charge in [-0.25, -0.2) is 10.1 Å². The van der Waals surface area contributed by atoms with Crippen LogP contribution in [-0.2, 0) is 4.84 Å². The van der Waals surface area contributed by atoms with Crippen LogP contribution in [-0.4, -0.2) is 36.3 Å². The molecule has 0 saturated heterocycles. The van der Waals surface area contributed by atoms with Crippen molar-refractivity contribution in [2.75, 3.05) is 23.8 Å². The molecule has 0 aliphatic rings. The topological polar surface area (TPSA) is 28.1 Å². The largest absolute Gasteiger partial charge is 0.544 e. The van der Waals surface area contributed by atoms with Crippen LogP contribution < -0.4 is 4.90 Å². The normalized spacial score (nSPS) is 12.1. The molecule has 0 atom stereocenters. The molecule has 0 radical (unpaired) electrons. The smallest absolute Gasteiger partial charge is 0.310 e. The summed E-state index contributed by atoms with van der Waals surface area (Å²) >= 11 is 3.33. The van der Waals surface area contributed by atoms with Gasteiger partial charge in [0.25, 0.3) is 0 Å². The maximum absolute atomic E-state index is 12.7. The molecule has 0 aliphatic heterocycles. The summed E-state index contributed by atoms with van der Waals surface area (Å²) in [4.78, 5) is 10.1. The van der Waals surface area contributed by atoms with Crippen molar-refractivity contribution in [3.8, 4) is 0 Å². The molecule has 134 valence electrons. The highest BCUT2D eigenvalue weighted by molar-refractivity contribution is 9.09. The van der Waals surface area contributed by atoms with E-state index < -0.39 is 6.36 Å². The SMILES string of the molecule is CN(OC(F)(F)F)C(=Nc1ccccc1)N(CCBr)c1ccccc1. The Kier molecular flexibility index (Phi) is 6.83. The van der Waals surface area contributed by atoms with E-state index in [1.807, 2.05) is 12.1 Å². The van der Waals surface area contributed by atoms with E-state index in [0.717, 1.165) is 0 Å². The lowest BCUT2D eigenvalue weighted by Gasteiger charge is -2.31. The van der Waals surface area contributed by atoms with Crippen LogP contribution in [0.5, 0.6) is 0 Å². The molecule has 0 saturated carbocycles. The van der Waals surface area contributed by atoms with Crippen LogP contribution in [0.1, 0.15) is 0 Å². The van der Waals surface area contributed by atoms with E-state index in [1.54, 1.807) is 53.4 Å². The van der Waals surface area contributed by atoms with Gasteiger partial charge in [0.2, 0.25) is 5.96 Å². The van der Waals surface area contributed by atoms with Crippen molar-refractivity contribution >= 4 is 33.3 Å². The first-order valence-corrected chi connectivity index (χ1v) is 8.55. The minimum absolute atomic E-state index is 0.0224. The first-order chi connectivity index (χ1) is 11.9. The molecule has 2 rings (SSSR count). The number of nitrogens with zero attached hydrogens (tertiary/aromatic N) is 3. The maximum Gasteiger partial charge on any atom is 0.544 e. The van der Waals surface area contributed by atoms with Crippen molar-refractivity contribution in [1.82, 2.24) is 5.06 Å². The van der Waals surface area contributed by atoms with Gasteiger partial charge >= 0.3 is 6.36 Å². The minimum Gasteiger partial charge on any atom is -0.310 e. The highest BCUT2D eigenvalue weighted by atomic mass is 79.9. The predicted octanol–water partition coefficient (Wildman–Crippen LogP) is 4.96. The average molecular weight is 416 g/mol. The Balaban J connectivity index is 2.46. The van der Waals surface area contributed by atoms with Crippen LogP contribution in [0.15, 0.2) is 65.7 Å². The number of alkyl halides is 4. The molecule has 0 amide bonds. The zero-order valence-corrected chi connectivity index (χ0v) is 15.0. The Morgan fingerprint density at radius 2 is 1.60 bits per heavy atom. The molecule has 0 aromatic heterocycles. The molecule has 25 heavy (non-hydrogen) atoms. The van der Waals surface area contributed by atoms with Gasteiger partial charge < -0.3 is 4.90 Å². The number of rotatable bonds is 5. The van der Waals surface area contributed by atoms with Gasteiger partial charge in [-0.15, -0.1) is 13.2 Å². The van der Waals surface area contributed by atoms with Gasteiger partial charge in [-0.2, -0.15) is 4.84 Å². The summed E-state index contributed by atoms with van der Waals surface area (Å²) < 4.78 is 38.1. The summed E-state index contributed by atoms with van der Waals surface area (Å²) in [6, 6.07) is 17.8. The summed E-state index contributed by atoms with van der Waals surface area (Å²) in [7, 11) is 1.18. The van der Waals surface area contributed by atoms with Crippen molar-refractivity contribution in [1.29, 1.82) is 0 Å². The molecule has 0 spiro atoms. The number of hydroxylamine groups is 2. The summed E-state index contributed by atoms with van der Waals surface area (Å²) in [5.41, 5.74) is 1.22. The third-order valence-corrected chi connectivity index (χ3v) is 3.48. The molecule has 2 aromatic carbocycles. The van der Waals surface area contributed by atoms with Crippen molar-refractivity contribution in [3.63, 3.8) is 0 Å².